The highest BCUT2D eigenvalue weighted by Crippen LogP contribution is 2.06. The van der Waals surface area contributed by atoms with Gasteiger partial charge >= 0.3 is 5.97 Å². The molecule has 1 rings (SSSR count). The largest absolute Gasteiger partial charge is 0.480 e. The minimum atomic E-state index is -1.60. The molecule has 11 nitrogen and oxygen atoms in total. The van der Waals surface area contributed by atoms with Crippen LogP contribution in [0.4, 0.5) is 0 Å². The first-order chi connectivity index (χ1) is 14.6. The van der Waals surface area contributed by atoms with E-state index in [0.717, 1.165) is 5.56 Å². The first-order valence-electron chi connectivity index (χ1n) is 9.75. The highest BCUT2D eigenvalue weighted by Gasteiger charge is 2.30. The van der Waals surface area contributed by atoms with E-state index < -0.39 is 61.1 Å². The molecule has 3 amide bonds. The molecule has 0 saturated heterocycles. The number of hydrogen-bond acceptors (Lipinski definition) is 7. The molecule has 11 heteroatoms. The van der Waals surface area contributed by atoms with Crippen LogP contribution >= 0.6 is 0 Å². The second-order valence-corrected chi connectivity index (χ2v) is 7.35. The molecule has 0 saturated carbocycles. The number of aliphatic carboxylic acids is 1. The van der Waals surface area contributed by atoms with Crippen LogP contribution < -0.4 is 21.7 Å². The number of nitrogens with one attached hydrogen (secondary N) is 3. The van der Waals surface area contributed by atoms with Crippen LogP contribution in [-0.4, -0.2) is 76.4 Å². The van der Waals surface area contributed by atoms with Crippen molar-refractivity contribution in [3.05, 3.63) is 35.9 Å². The molecule has 0 heterocycles. The number of amides is 3. The average Bonchev–Trinajstić information content (AvgIpc) is 2.74. The molecule has 1 aromatic carbocycles. The number of aliphatic hydroxyl groups is 2. The van der Waals surface area contributed by atoms with E-state index in [1.54, 1.807) is 44.2 Å². The Kier molecular flexibility index (Phi) is 10.6. The predicted octanol–water partition coefficient (Wildman–Crippen LogP) is -2.26. The number of aliphatic hydroxyl groups excluding tert-OH is 2. The third kappa shape index (κ3) is 8.32. The Morgan fingerprint density at radius 1 is 0.839 bits per heavy atom. The van der Waals surface area contributed by atoms with E-state index in [-0.39, 0.29) is 12.3 Å². The number of rotatable bonds is 12. The van der Waals surface area contributed by atoms with E-state index in [1.165, 1.54) is 0 Å². The smallest absolute Gasteiger partial charge is 0.328 e. The van der Waals surface area contributed by atoms with Gasteiger partial charge in [0.2, 0.25) is 17.7 Å². The van der Waals surface area contributed by atoms with Crippen molar-refractivity contribution in [1.82, 2.24) is 16.0 Å². The standard InChI is InChI=1S/C20H30N4O7/c1-11(2)16(21)19(29)22-13(8-12-6-4-3-5-7-12)17(27)23-14(9-25)18(28)24-15(10-26)20(30)31/h3-7,11,13-16,25-26H,8-10,21H2,1-2H3,(H,22,29)(H,23,27)(H,24,28)(H,30,31). The van der Waals surface area contributed by atoms with Gasteiger partial charge in [0.15, 0.2) is 0 Å². The Morgan fingerprint density at radius 3 is 1.81 bits per heavy atom. The van der Waals surface area contributed by atoms with Gasteiger partial charge in [-0.05, 0) is 11.5 Å². The molecule has 0 aromatic heterocycles. The molecule has 4 atom stereocenters. The lowest BCUT2D eigenvalue weighted by molar-refractivity contribution is -0.143. The average molecular weight is 438 g/mol. The van der Waals surface area contributed by atoms with Gasteiger partial charge in [0.25, 0.3) is 0 Å². The Balaban J connectivity index is 2.96. The van der Waals surface area contributed by atoms with Crippen LogP contribution in [0, 0.1) is 5.92 Å². The minimum absolute atomic E-state index is 0.0946. The fraction of sp³-hybridized carbons (Fsp3) is 0.500. The van der Waals surface area contributed by atoms with Crippen molar-refractivity contribution in [2.45, 2.75) is 44.4 Å². The van der Waals surface area contributed by atoms with Crippen LogP contribution in [-0.2, 0) is 25.6 Å². The maximum absolute atomic E-state index is 12.8. The molecule has 31 heavy (non-hydrogen) atoms. The fourth-order valence-corrected chi connectivity index (χ4v) is 2.55. The van der Waals surface area contributed by atoms with E-state index in [4.69, 9.17) is 15.9 Å². The van der Waals surface area contributed by atoms with Crippen molar-refractivity contribution in [1.29, 1.82) is 0 Å². The first-order valence-corrected chi connectivity index (χ1v) is 9.75. The summed E-state index contributed by atoms with van der Waals surface area (Å²) in [4.78, 5) is 48.4. The van der Waals surface area contributed by atoms with E-state index in [2.05, 4.69) is 10.6 Å². The summed E-state index contributed by atoms with van der Waals surface area (Å²) >= 11 is 0. The summed E-state index contributed by atoms with van der Waals surface area (Å²) in [7, 11) is 0. The molecule has 8 N–H and O–H groups in total. The highest BCUT2D eigenvalue weighted by atomic mass is 16.4. The Hall–Kier alpha value is -3.02. The summed E-state index contributed by atoms with van der Waals surface area (Å²) in [5.74, 6) is -3.97. The molecule has 172 valence electrons. The minimum Gasteiger partial charge on any atom is -0.480 e. The second kappa shape index (κ2) is 12.6. The Labute approximate surface area is 180 Å². The van der Waals surface area contributed by atoms with Crippen molar-refractivity contribution in [2.24, 2.45) is 11.7 Å². The number of carbonyl (C=O) groups excluding carboxylic acids is 3. The lowest BCUT2D eigenvalue weighted by Gasteiger charge is -2.25. The van der Waals surface area contributed by atoms with Gasteiger partial charge in [-0.2, -0.15) is 0 Å². The third-order valence-corrected chi connectivity index (χ3v) is 4.55. The summed E-state index contributed by atoms with van der Waals surface area (Å²) in [5.41, 5.74) is 6.58. The van der Waals surface area contributed by atoms with E-state index in [0.29, 0.717) is 0 Å². The van der Waals surface area contributed by atoms with Gasteiger partial charge in [0, 0.05) is 6.42 Å². The molecular weight excluding hydrogens is 408 g/mol. The molecule has 0 radical (unpaired) electrons. The van der Waals surface area contributed by atoms with Gasteiger partial charge in [0.1, 0.15) is 18.1 Å². The van der Waals surface area contributed by atoms with E-state index in [9.17, 15) is 24.3 Å². The van der Waals surface area contributed by atoms with Gasteiger partial charge in [-0.15, -0.1) is 0 Å². The van der Waals surface area contributed by atoms with Gasteiger partial charge in [0.05, 0.1) is 19.3 Å². The van der Waals surface area contributed by atoms with Gasteiger partial charge in [-0.3, -0.25) is 14.4 Å². The lowest BCUT2D eigenvalue weighted by Crippen LogP contribution is -2.59. The van der Waals surface area contributed by atoms with Crippen LogP contribution in [0.1, 0.15) is 19.4 Å². The number of carboxylic acid groups (broad SMARTS) is 1. The Morgan fingerprint density at radius 2 is 1.32 bits per heavy atom. The molecule has 0 bridgehead atoms. The number of carboxylic acids is 1. The maximum atomic E-state index is 12.8. The van der Waals surface area contributed by atoms with Gasteiger partial charge < -0.3 is 37.0 Å². The van der Waals surface area contributed by atoms with Crippen LogP contribution in [0.15, 0.2) is 30.3 Å². The third-order valence-electron chi connectivity index (χ3n) is 4.55. The molecule has 0 aliphatic heterocycles. The van der Waals surface area contributed by atoms with Crippen LogP contribution in [0.5, 0.6) is 0 Å². The predicted molar refractivity (Wildman–Crippen MR) is 111 cm³/mol. The molecular formula is C20H30N4O7. The number of carbonyl (C=O) groups is 4. The van der Waals surface area contributed by atoms with Crippen molar-refractivity contribution < 1.29 is 34.5 Å². The summed E-state index contributed by atoms with van der Waals surface area (Å²) in [6.45, 7) is 1.81. The maximum Gasteiger partial charge on any atom is 0.328 e. The molecule has 0 fully saturated rings. The van der Waals surface area contributed by atoms with E-state index in [1.807, 2.05) is 5.32 Å². The summed E-state index contributed by atoms with van der Waals surface area (Å²) < 4.78 is 0. The van der Waals surface area contributed by atoms with Crippen molar-refractivity contribution >= 4 is 23.7 Å². The van der Waals surface area contributed by atoms with Crippen molar-refractivity contribution in [2.75, 3.05) is 13.2 Å². The van der Waals surface area contributed by atoms with Crippen LogP contribution in [0.3, 0.4) is 0 Å². The summed E-state index contributed by atoms with van der Waals surface area (Å²) in [6.07, 6.45) is 0.0946. The SMILES string of the molecule is CC(C)C(N)C(=O)NC(Cc1ccccc1)C(=O)NC(CO)C(=O)NC(CO)C(=O)O. The highest BCUT2D eigenvalue weighted by molar-refractivity contribution is 5.94. The molecule has 0 aliphatic carbocycles. The monoisotopic (exact) mass is 438 g/mol. The Bertz CT molecular complexity index is 757. The van der Waals surface area contributed by atoms with Crippen molar-refractivity contribution in [3.63, 3.8) is 0 Å². The van der Waals surface area contributed by atoms with Crippen LogP contribution in [0.2, 0.25) is 0 Å². The number of hydrogen-bond donors (Lipinski definition) is 7. The lowest BCUT2D eigenvalue weighted by atomic mass is 10.0. The molecule has 1 aromatic rings. The zero-order valence-electron chi connectivity index (χ0n) is 17.4. The molecule has 0 spiro atoms. The van der Waals surface area contributed by atoms with E-state index >= 15 is 0 Å². The van der Waals surface area contributed by atoms with Crippen molar-refractivity contribution in [3.8, 4) is 0 Å². The fourth-order valence-electron chi connectivity index (χ4n) is 2.55. The number of benzene rings is 1. The molecule has 4 unspecified atom stereocenters. The topological polar surface area (TPSA) is 191 Å². The number of nitrogens with two attached hydrogens (primary N) is 1. The van der Waals surface area contributed by atoms with Gasteiger partial charge in [-0.25, -0.2) is 4.79 Å². The summed E-state index contributed by atoms with van der Waals surface area (Å²) in [6, 6.07) is 3.77. The van der Waals surface area contributed by atoms with Crippen LogP contribution in [0.25, 0.3) is 0 Å². The van der Waals surface area contributed by atoms with Gasteiger partial charge in [-0.1, -0.05) is 44.2 Å². The first kappa shape index (κ1) is 26.0. The second-order valence-electron chi connectivity index (χ2n) is 7.35. The zero-order chi connectivity index (χ0) is 23.6. The quantitative estimate of drug-likeness (QED) is 0.190. The normalized spacial score (nSPS) is 14.8. The zero-order valence-corrected chi connectivity index (χ0v) is 17.4. The molecule has 0 aliphatic rings. The summed E-state index contributed by atoms with van der Waals surface area (Å²) in [5, 5.41) is 34.3.